The van der Waals surface area contributed by atoms with Crippen LogP contribution in [0.25, 0.3) is 6.08 Å². The highest BCUT2D eigenvalue weighted by molar-refractivity contribution is 7.99. The molecular weight excluding hydrogens is 356 g/mol. The summed E-state index contributed by atoms with van der Waals surface area (Å²) in [6, 6.07) is 21.5. The highest BCUT2D eigenvalue weighted by atomic mass is 32.2. The van der Waals surface area contributed by atoms with Crippen LogP contribution in [0.2, 0.25) is 0 Å². The highest BCUT2D eigenvalue weighted by Gasteiger charge is 2.28. The lowest BCUT2D eigenvalue weighted by molar-refractivity contribution is -0.114. The molecule has 0 atom stereocenters. The molecule has 4 nitrogen and oxygen atoms in total. The van der Waals surface area contributed by atoms with Crippen LogP contribution in [-0.4, -0.2) is 11.6 Å². The average Bonchev–Trinajstić information content (AvgIpc) is 3.24. The Morgan fingerprint density at radius 2 is 1.70 bits per heavy atom. The van der Waals surface area contributed by atoms with Gasteiger partial charge in [0.25, 0.3) is 5.91 Å². The highest BCUT2D eigenvalue weighted by Crippen LogP contribution is 2.31. The van der Waals surface area contributed by atoms with Gasteiger partial charge in [0, 0.05) is 4.90 Å². The molecule has 0 unspecified atom stereocenters. The van der Waals surface area contributed by atoms with E-state index >= 15 is 0 Å². The molecule has 0 radical (unpaired) electrons. The number of amides is 1. The Bertz CT molecular complexity index is 1030. The van der Waals surface area contributed by atoms with Crippen LogP contribution < -0.4 is 5.01 Å². The predicted molar refractivity (Wildman–Crippen MR) is 109 cm³/mol. The molecule has 0 bridgehead atoms. The molecule has 27 heavy (non-hydrogen) atoms. The molecule has 0 fully saturated rings. The molecule has 4 rings (SSSR count). The van der Waals surface area contributed by atoms with Crippen molar-refractivity contribution in [2.24, 2.45) is 5.10 Å². The lowest BCUT2D eigenvalue weighted by atomic mass is 10.1. The molecule has 0 N–H and O–H groups in total. The molecule has 0 saturated heterocycles. The molecule has 1 aliphatic heterocycles. The summed E-state index contributed by atoms with van der Waals surface area (Å²) in [5.74, 6) is 0.486. The van der Waals surface area contributed by atoms with E-state index in [9.17, 15) is 4.79 Å². The first-order valence-corrected chi connectivity index (χ1v) is 9.43. The van der Waals surface area contributed by atoms with Crippen LogP contribution in [0.5, 0.6) is 0 Å². The van der Waals surface area contributed by atoms with Crippen LogP contribution in [0.4, 0.5) is 5.69 Å². The first kappa shape index (κ1) is 17.4. The van der Waals surface area contributed by atoms with E-state index in [0.29, 0.717) is 17.0 Å². The van der Waals surface area contributed by atoms with Crippen molar-refractivity contribution in [2.45, 2.75) is 23.8 Å². The van der Waals surface area contributed by atoms with Gasteiger partial charge in [-0.05, 0) is 56.3 Å². The summed E-state index contributed by atoms with van der Waals surface area (Å²) in [6.45, 7) is 3.89. The summed E-state index contributed by atoms with van der Waals surface area (Å²) in [5.41, 5.74) is 3.19. The van der Waals surface area contributed by atoms with Crippen molar-refractivity contribution in [3.8, 4) is 0 Å². The zero-order chi connectivity index (χ0) is 18.8. The second kappa shape index (κ2) is 7.29. The predicted octanol–water partition coefficient (Wildman–Crippen LogP) is 5.55. The number of benzene rings is 2. The molecular formula is C22H18N2O2S. The van der Waals surface area contributed by atoms with Gasteiger partial charge in [-0.2, -0.15) is 10.1 Å². The number of furan rings is 1. The van der Waals surface area contributed by atoms with Gasteiger partial charge in [0.15, 0.2) is 5.09 Å². The smallest absolute Gasteiger partial charge is 0.280 e. The fraction of sp³-hybridized carbons (Fsp3) is 0.0909. The lowest BCUT2D eigenvalue weighted by Crippen LogP contribution is -2.21. The molecule has 1 aromatic heterocycles. The number of rotatable bonds is 4. The Morgan fingerprint density at radius 3 is 2.44 bits per heavy atom. The van der Waals surface area contributed by atoms with Gasteiger partial charge < -0.3 is 4.42 Å². The second-order valence-electron chi connectivity index (χ2n) is 6.27. The molecule has 0 saturated carbocycles. The maximum absolute atomic E-state index is 12.7. The maximum Gasteiger partial charge on any atom is 0.280 e. The maximum atomic E-state index is 12.7. The number of hydrazone groups is 1. The quantitative estimate of drug-likeness (QED) is 0.563. The van der Waals surface area contributed by atoms with Gasteiger partial charge in [-0.3, -0.25) is 4.79 Å². The van der Waals surface area contributed by atoms with E-state index in [0.717, 1.165) is 15.7 Å². The van der Waals surface area contributed by atoms with Crippen molar-refractivity contribution >= 4 is 35.1 Å². The fourth-order valence-corrected chi connectivity index (χ4v) is 3.54. The fourth-order valence-electron chi connectivity index (χ4n) is 2.76. The van der Waals surface area contributed by atoms with Crippen LogP contribution in [0.15, 0.2) is 91.8 Å². The zero-order valence-electron chi connectivity index (χ0n) is 15.0. The third-order valence-electron chi connectivity index (χ3n) is 4.19. The number of carbonyl (C=O) groups is 1. The number of hydrogen-bond donors (Lipinski definition) is 0. The summed E-state index contributed by atoms with van der Waals surface area (Å²) >= 11 is 1.55. The van der Waals surface area contributed by atoms with Crippen LogP contribution in [0.1, 0.15) is 18.2 Å². The first-order chi connectivity index (χ1) is 13.1. The van der Waals surface area contributed by atoms with Crippen molar-refractivity contribution in [3.63, 3.8) is 0 Å². The first-order valence-electron chi connectivity index (χ1n) is 8.61. The number of hydrogen-bond acceptors (Lipinski definition) is 4. The number of aryl methyl sites for hydroxylation is 1. The molecule has 0 aliphatic carbocycles. The number of carbonyl (C=O) groups excluding carboxylic acids is 1. The average molecular weight is 374 g/mol. The Labute approximate surface area is 162 Å². The summed E-state index contributed by atoms with van der Waals surface area (Å²) in [7, 11) is 0. The van der Waals surface area contributed by atoms with Gasteiger partial charge in [-0.25, -0.2) is 0 Å². The topological polar surface area (TPSA) is 45.8 Å². The van der Waals surface area contributed by atoms with E-state index in [4.69, 9.17) is 4.42 Å². The Kier molecular flexibility index (Phi) is 4.69. The van der Waals surface area contributed by atoms with Gasteiger partial charge in [0.1, 0.15) is 5.76 Å². The second-order valence-corrected chi connectivity index (χ2v) is 7.35. The number of anilines is 1. The Morgan fingerprint density at radius 1 is 0.963 bits per heavy atom. The summed E-state index contributed by atoms with van der Waals surface area (Å²) in [4.78, 5) is 13.9. The molecule has 0 spiro atoms. The monoisotopic (exact) mass is 374 g/mol. The van der Waals surface area contributed by atoms with E-state index < -0.39 is 0 Å². The molecule has 2 heterocycles. The number of para-hydroxylation sites is 1. The van der Waals surface area contributed by atoms with Gasteiger partial charge in [0.2, 0.25) is 0 Å². The van der Waals surface area contributed by atoms with Crippen molar-refractivity contribution in [2.75, 3.05) is 5.01 Å². The van der Waals surface area contributed by atoms with Gasteiger partial charge in [-0.1, -0.05) is 47.7 Å². The lowest BCUT2D eigenvalue weighted by Gasteiger charge is -2.10. The molecule has 5 heteroatoms. The third kappa shape index (κ3) is 3.73. The molecule has 1 aliphatic rings. The summed E-state index contributed by atoms with van der Waals surface area (Å²) in [6.07, 6.45) is 1.75. The standard InChI is InChI=1S/C22H18N2O2S/c1-15-8-11-19(12-9-15)27-21-13-10-18(26-21)14-20-16(2)23-24(22(20)25)17-6-4-3-5-7-17/h3-14H,1-2H3. The third-order valence-corrected chi connectivity index (χ3v) is 5.12. The molecule has 2 aromatic carbocycles. The Hall–Kier alpha value is -3.05. The Balaban J connectivity index is 1.54. The minimum absolute atomic E-state index is 0.150. The van der Waals surface area contributed by atoms with Gasteiger partial charge >= 0.3 is 0 Å². The van der Waals surface area contributed by atoms with Crippen molar-refractivity contribution in [1.82, 2.24) is 0 Å². The van der Waals surface area contributed by atoms with Crippen LogP contribution in [0, 0.1) is 6.92 Å². The molecule has 134 valence electrons. The van der Waals surface area contributed by atoms with Crippen molar-refractivity contribution in [1.29, 1.82) is 0 Å². The largest absolute Gasteiger partial charge is 0.450 e. The van der Waals surface area contributed by atoms with Crippen LogP contribution in [-0.2, 0) is 4.79 Å². The SMILES string of the molecule is CC1=NN(c2ccccc2)C(=O)C1=Cc1ccc(Sc2ccc(C)cc2)o1. The minimum atomic E-state index is -0.150. The van der Waals surface area contributed by atoms with Crippen LogP contribution in [0.3, 0.4) is 0 Å². The summed E-state index contributed by atoms with van der Waals surface area (Å²) < 4.78 is 5.88. The molecule has 3 aromatic rings. The van der Waals surface area contributed by atoms with Crippen molar-refractivity contribution < 1.29 is 9.21 Å². The van der Waals surface area contributed by atoms with Crippen molar-refractivity contribution in [3.05, 3.63) is 83.6 Å². The van der Waals surface area contributed by atoms with Gasteiger partial charge in [0.05, 0.1) is 17.0 Å². The van der Waals surface area contributed by atoms with Crippen LogP contribution >= 0.6 is 11.8 Å². The van der Waals surface area contributed by atoms with E-state index in [-0.39, 0.29) is 5.91 Å². The zero-order valence-corrected chi connectivity index (χ0v) is 15.9. The van der Waals surface area contributed by atoms with E-state index in [1.807, 2.05) is 49.4 Å². The summed E-state index contributed by atoms with van der Waals surface area (Å²) in [5, 5.41) is 6.59. The van der Waals surface area contributed by atoms with Gasteiger partial charge in [-0.15, -0.1) is 0 Å². The van der Waals surface area contributed by atoms with E-state index in [1.165, 1.54) is 10.6 Å². The van der Waals surface area contributed by atoms with E-state index in [1.54, 1.807) is 17.8 Å². The molecule has 1 amide bonds. The normalized spacial score (nSPS) is 15.5. The van der Waals surface area contributed by atoms with E-state index in [2.05, 4.69) is 36.3 Å². The number of nitrogens with zero attached hydrogens (tertiary/aromatic N) is 2. The minimum Gasteiger partial charge on any atom is -0.450 e.